The van der Waals surface area contributed by atoms with Gasteiger partial charge in [0.05, 0.1) is 12.2 Å². The number of likely N-dealkylation sites (N-methyl/N-ethyl adjacent to an activating group) is 1. The van der Waals surface area contributed by atoms with E-state index in [1.165, 1.54) is 12.1 Å². The van der Waals surface area contributed by atoms with E-state index in [0.29, 0.717) is 13.1 Å². The predicted octanol–water partition coefficient (Wildman–Crippen LogP) is 1.09. The lowest BCUT2D eigenvalue weighted by Crippen LogP contribution is -2.34. The first-order valence-corrected chi connectivity index (χ1v) is 6.20. The fraction of sp³-hybridized carbons (Fsp3) is 0.462. The molecule has 19 heavy (non-hydrogen) atoms. The highest BCUT2D eigenvalue weighted by Crippen LogP contribution is 2.25. The Morgan fingerprint density at radius 2 is 2.00 bits per heavy atom. The molecule has 0 aromatic heterocycles. The first kappa shape index (κ1) is 13.7. The van der Waals surface area contributed by atoms with Crippen LogP contribution in [0.2, 0.25) is 0 Å². The molecular formula is C13H17F2N3O. The standard InChI is InChI=1S/C13H17F2N3O/c1-17-5-2-6-18(8-11(17)19)10-4-3-9(7-16)12(14)13(10)15/h3-4H,2,5-8,16H2,1H3. The van der Waals surface area contributed by atoms with Crippen LogP contribution < -0.4 is 10.6 Å². The molecule has 104 valence electrons. The second kappa shape index (κ2) is 5.52. The van der Waals surface area contributed by atoms with E-state index in [4.69, 9.17) is 5.73 Å². The minimum absolute atomic E-state index is 0.0509. The van der Waals surface area contributed by atoms with Crippen LogP contribution in [-0.4, -0.2) is 37.5 Å². The zero-order valence-electron chi connectivity index (χ0n) is 10.8. The average Bonchev–Trinajstić information content (AvgIpc) is 2.55. The predicted molar refractivity (Wildman–Crippen MR) is 68.7 cm³/mol. The van der Waals surface area contributed by atoms with Crippen molar-refractivity contribution in [2.45, 2.75) is 13.0 Å². The number of hydrogen-bond donors (Lipinski definition) is 1. The summed E-state index contributed by atoms with van der Waals surface area (Å²) in [6.45, 7) is 1.16. The number of nitrogens with two attached hydrogens (primary N) is 1. The molecule has 4 nitrogen and oxygen atoms in total. The Balaban J connectivity index is 2.31. The van der Waals surface area contributed by atoms with Gasteiger partial charge in [-0.15, -0.1) is 0 Å². The molecule has 1 aliphatic rings. The molecule has 2 N–H and O–H groups in total. The molecule has 0 atom stereocenters. The maximum atomic E-state index is 14.0. The van der Waals surface area contributed by atoms with Crippen molar-refractivity contribution in [1.82, 2.24) is 4.90 Å². The van der Waals surface area contributed by atoms with Crippen LogP contribution in [-0.2, 0) is 11.3 Å². The van der Waals surface area contributed by atoms with Gasteiger partial charge in [0, 0.05) is 32.2 Å². The number of benzene rings is 1. The normalized spacial score (nSPS) is 16.7. The Labute approximate surface area is 110 Å². The van der Waals surface area contributed by atoms with Gasteiger partial charge in [-0.3, -0.25) is 4.79 Å². The van der Waals surface area contributed by atoms with E-state index in [1.54, 1.807) is 16.8 Å². The highest BCUT2D eigenvalue weighted by Gasteiger charge is 2.23. The molecular weight excluding hydrogens is 252 g/mol. The molecule has 1 heterocycles. The topological polar surface area (TPSA) is 49.6 Å². The van der Waals surface area contributed by atoms with E-state index >= 15 is 0 Å². The first-order valence-electron chi connectivity index (χ1n) is 6.20. The van der Waals surface area contributed by atoms with E-state index < -0.39 is 11.6 Å². The summed E-state index contributed by atoms with van der Waals surface area (Å²) >= 11 is 0. The number of carbonyl (C=O) groups is 1. The molecule has 0 aliphatic carbocycles. The largest absolute Gasteiger partial charge is 0.360 e. The van der Waals surface area contributed by atoms with Gasteiger partial charge in [-0.05, 0) is 12.5 Å². The van der Waals surface area contributed by atoms with Crippen molar-refractivity contribution in [2.24, 2.45) is 5.73 Å². The molecule has 0 spiro atoms. The second-order valence-electron chi connectivity index (χ2n) is 4.67. The van der Waals surface area contributed by atoms with Gasteiger partial charge in [-0.25, -0.2) is 8.78 Å². The maximum Gasteiger partial charge on any atom is 0.241 e. The molecule has 1 saturated heterocycles. The zero-order chi connectivity index (χ0) is 14.0. The summed E-state index contributed by atoms with van der Waals surface area (Å²) in [5, 5.41) is 0. The van der Waals surface area contributed by atoms with Crippen molar-refractivity contribution in [3.8, 4) is 0 Å². The lowest BCUT2D eigenvalue weighted by atomic mass is 10.1. The number of anilines is 1. The third kappa shape index (κ3) is 2.68. The third-order valence-electron chi connectivity index (χ3n) is 3.38. The van der Waals surface area contributed by atoms with E-state index in [0.717, 1.165) is 6.42 Å². The third-order valence-corrected chi connectivity index (χ3v) is 3.38. The summed E-state index contributed by atoms with van der Waals surface area (Å²) in [5.41, 5.74) is 5.59. The summed E-state index contributed by atoms with van der Waals surface area (Å²) < 4.78 is 27.7. The minimum atomic E-state index is -0.930. The smallest absolute Gasteiger partial charge is 0.241 e. The SMILES string of the molecule is CN1CCCN(c2ccc(CN)c(F)c2F)CC1=O. The number of nitrogens with zero attached hydrogens (tertiary/aromatic N) is 2. The van der Waals surface area contributed by atoms with Crippen molar-refractivity contribution in [3.05, 3.63) is 29.3 Å². The van der Waals surface area contributed by atoms with Crippen LogP contribution >= 0.6 is 0 Å². The Kier molecular flexibility index (Phi) is 3.99. The van der Waals surface area contributed by atoms with Crippen LogP contribution in [0.3, 0.4) is 0 Å². The van der Waals surface area contributed by atoms with E-state index in [-0.39, 0.29) is 30.2 Å². The lowest BCUT2D eigenvalue weighted by molar-refractivity contribution is -0.127. The van der Waals surface area contributed by atoms with Gasteiger partial charge in [-0.2, -0.15) is 0 Å². The maximum absolute atomic E-state index is 14.0. The summed E-state index contributed by atoms with van der Waals surface area (Å²) in [4.78, 5) is 14.9. The Bertz CT molecular complexity index is 493. The highest BCUT2D eigenvalue weighted by atomic mass is 19.2. The van der Waals surface area contributed by atoms with Crippen molar-refractivity contribution < 1.29 is 13.6 Å². The van der Waals surface area contributed by atoms with Crippen LogP contribution in [0.15, 0.2) is 12.1 Å². The molecule has 0 saturated carbocycles. The van der Waals surface area contributed by atoms with Crippen LogP contribution in [0.5, 0.6) is 0 Å². The second-order valence-corrected chi connectivity index (χ2v) is 4.67. The number of amides is 1. The van der Waals surface area contributed by atoms with Gasteiger partial charge in [0.25, 0.3) is 0 Å². The summed E-state index contributed by atoms with van der Waals surface area (Å²) in [5.74, 6) is -1.95. The molecule has 2 rings (SSSR count). The van der Waals surface area contributed by atoms with Crippen LogP contribution in [0.4, 0.5) is 14.5 Å². The molecule has 0 bridgehead atoms. The van der Waals surface area contributed by atoms with E-state index in [1.807, 2.05) is 0 Å². The van der Waals surface area contributed by atoms with Crippen LogP contribution in [0, 0.1) is 11.6 Å². The van der Waals surface area contributed by atoms with E-state index in [2.05, 4.69) is 0 Å². The van der Waals surface area contributed by atoms with Crippen LogP contribution in [0.1, 0.15) is 12.0 Å². The highest BCUT2D eigenvalue weighted by molar-refractivity contribution is 5.81. The minimum Gasteiger partial charge on any atom is -0.360 e. The molecule has 1 aromatic carbocycles. The lowest BCUT2D eigenvalue weighted by Gasteiger charge is -2.23. The molecule has 6 heteroatoms. The molecule has 1 amide bonds. The average molecular weight is 269 g/mol. The summed E-state index contributed by atoms with van der Waals surface area (Å²) in [6.07, 6.45) is 0.724. The number of rotatable bonds is 2. The number of halogens is 2. The number of hydrogen-bond acceptors (Lipinski definition) is 3. The Morgan fingerprint density at radius 1 is 1.26 bits per heavy atom. The van der Waals surface area contributed by atoms with Gasteiger partial charge in [0.15, 0.2) is 11.6 Å². The van der Waals surface area contributed by atoms with Crippen molar-refractivity contribution >= 4 is 11.6 Å². The summed E-state index contributed by atoms with van der Waals surface area (Å²) in [7, 11) is 1.71. The monoisotopic (exact) mass is 269 g/mol. The van der Waals surface area contributed by atoms with Gasteiger partial charge in [0.1, 0.15) is 0 Å². The van der Waals surface area contributed by atoms with Gasteiger partial charge in [-0.1, -0.05) is 6.07 Å². The Hall–Kier alpha value is -1.69. The molecule has 0 unspecified atom stereocenters. The van der Waals surface area contributed by atoms with E-state index in [9.17, 15) is 13.6 Å². The molecule has 1 aliphatic heterocycles. The molecule has 1 fully saturated rings. The van der Waals surface area contributed by atoms with Crippen LogP contribution in [0.25, 0.3) is 0 Å². The van der Waals surface area contributed by atoms with Crippen molar-refractivity contribution in [3.63, 3.8) is 0 Å². The van der Waals surface area contributed by atoms with Crippen molar-refractivity contribution in [2.75, 3.05) is 31.6 Å². The van der Waals surface area contributed by atoms with Gasteiger partial charge < -0.3 is 15.5 Å². The fourth-order valence-corrected chi connectivity index (χ4v) is 2.17. The molecule has 0 radical (unpaired) electrons. The van der Waals surface area contributed by atoms with Crippen molar-refractivity contribution in [1.29, 1.82) is 0 Å². The first-order chi connectivity index (χ1) is 9.04. The summed E-state index contributed by atoms with van der Waals surface area (Å²) in [6, 6.07) is 2.95. The molecule has 1 aromatic rings. The quantitative estimate of drug-likeness (QED) is 0.874. The Morgan fingerprint density at radius 3 is 2.68 bits per heavy atom. The fourth-order valence-electron chi connectivity index (χ4n) is 2.17. The van der Waals surface area contributed by atoms with Gasteiger partial charge >= 0.3 is 0 Å². The zero-order valence-corrected chi connectivity index (χ0v) is 10.8. The number of carbonyl (C=O) groups excluding carboxylic acids is 1. The van der Waals surface area contributed by atoms with Gasteiger partial charge in [0.2, 0.25) is 5.91 Å².